The number of benzene rings is 1. The fourth-order valence-electron chi connectivity index (χ4n) is 1.37. The molecule has 8 heteroatoms. The van der Waals surface area contributed by atoms with Crippen LogP contribution in [0.5, 0.6) is 0 Å². The highest BCUT2D eigenvalue weighted by Gasteiger charge is 2.30. The maximum absolute atomic E-state index is 13.4. The molecule has 0 unspecified atom stereocenters. The number of halogens is 5. The zero-order valence-electron chi connectivity index (χ0n) is 8.91. The highest BCUT2D eigenvalue weighted by Crippen LogP contribution is 2.27. The lowest BCUT2D eigenvalue weighted by Crippen LogP contribution is -2.34. The summed E-state index contributed by atoms with van der Waals surface area (Å²) in [7, 11) is 0. The molecular formula is C10H8F5N3. The number of rotatable bonds is 2. The van der Waals surface area contributed by atoms with E-state index in [0.717, 1.165) is 0 Å². The Morgan fingerprint density at radius 3 is 1.78 bits per heavy atom. The third kappa shape index (κ3) is 2.03. The summed E-state index contributed by atoms with van der Waals surface area (Å²) in [4.78, 5) is 3.76. The van der Waals surface area contributed by atoms with Crippen molar-refractivity contribution < 1.29 is 22.0 Å². The van der Waals surface area contributed by atoms with Crippen LogP contribution in [0.15, 0.2) is 4.99 Å². The molecule has 1 aromatic rings. The fraction of sp³-hybridized carbons (Fsp3) is 0.300. The first kappa shape index (κ1) is 12.7. The van der Waals surface area contributed by atoms with Crippen molar-refractivity contribution in [2.75, 3.05) is 0 Å². The van der Waals surface area contributed by atoms with E-state index in [2.05, 4.69) is 4.99 Å². The second kappa shape index (κ2) is 4.52. The SMILES string of the molecule is NNC(=NC1CC1)c1c(F)c(F)c(F)c(F)c1F. The van der Waals surface area contributed by atoms with E-state index in [-0.39, 0.29) is 6.04 Å². The third-order valence-corrected chi connectivity index (χ3v) is 2.44. The largest absolute Gasteiger partial charge is 0.308 e. The molecule has 0 aliphatic heterocycles. The second-order valence-electron chi connectivity index (χ2n) is 3.80. The predicted molar refractivity (Wildman–Crippen MR) is 53.1 cm³/mol. The quantitative estimate of drug-likeness (QED) is 0.163. The van der Waals surface area contributed by atoms with Gasteiger partial charge in [-0.2, -0.15) is 0 Å². The van der Waals surface area contributed by atoms with Gasteiger partial charge in [0.1, 0.15) is 5.84 Å². The molecule has 0 atom stereocenters. The van der Waals surface area contributed by atoms with Crippen molar-refractivity contribution in [2.24, 2.45) is 10.8 Å². The maximum atomic E-state index is 13.4. The molecule has 1 aliphatic rings. The van der Waals surface area contributed by atoms with Crippen molar-refractivity contribution in [3.05, 3.63) is 34.6 Å². The normalized spacial score (nSPS) is 16.0. The smallest absolute Gasteiger partial charge is 0.200 e. The van der Waals surface area contributed by atoms with Crippen LogP contribution in [-0.4, -0.2) is 11.9 Å². The first-order chi connectivity index (χ1) is 8.47. The van der Waals surface area contributed by atoms with E-state index in [9.17, 15) is 22.0 Å². The Bertz CT molecular complexity index is 496. The van der Waals surface area contributed by atoms with Crippen LogP contribution in [0.25, 0.3) is 0 Å². The number of nitrogens with two attached hydrogens (primary N) is 1. The van der Waals surface area contributed by atoms with Gasteiger partial charge in [-0.3, -0.25) is 4.99 Å². The van der Waals surface area contributed by atoms with Gasteiger partial charge in [-0.15, -0.1) is 0 Å². The van der Waals surface area contributed by atoms with Gasteiger partial charge >= 0.3 is 0 Å². The summed E-state index contributed by atoms with van der Waals surface area (Å²) in [5.41, 5.74) is 0.721. The van der Waals surface area contributed by atoms with E-state index >= 15 is 0 Å². The van der Waals surface area contributed by atoms with Gasteiger partial charge in [0.05, 0.1) is 11.6 Å². The predicted octanol–water partition coefficient (Wildman–Crippen LogP) is 1.75. The highest BCUT2D eigenvalue weighted by atomic mass is 19.2. The summed E-state index contributed by atoms with van der Waals surface area (Å²) in [6.07, 6.45) is 1.36. The van der Waals surface area contributed by atoms with E-state index in [0.29, 0.717) is 12.8 Å². The fourth-order valence-corrected chi connectivity index (χ4v) is 1.37. The number of hydrazine groups is 1. The molecule has 98 valence electrons. The maximum Gasteiger partial charge on any atom is 0.200 e. The summed E-state index contributed by atoms with van der Waals surface area (Å²) in [5.74, 6) is -5.72. The van der Waals surface area contributed by atoms with Crippen molar-refractivity contribution in [3.8, 4) is 0 Å². The lowest BCUT2D eigenvalue weighted by atomic mass is 10.1. The van der Waals surface area contributed by atoms with Gasteiger partial charge in [-0.1, -0.05) is 0 Å². The van der Waals surface area contributed by atoms with Gasteiger partial charge in [0.2, 0.25) is 5.82 Å². The molecule has 0 bridgehead atoms. The molecule has 3 N–H and O–H groups in total. The van der Waals surface area contributed by atoms with E-state index < -0.39 is 40.5 Å². The topological polar surface area (TPSA) is 50.4 Å². The Balaban J connectivity index is 2.62. The van der Waals surface area contributed by atoms with Crippen LogP contribution in [0.3, 0.4) is 0 Å². The molecule has 0 heterocycles. The van der Waals surface area contributed by atoms with Crippen LogP contribution in [0.1, 0.15) is 18.4 Å². The van der Waals surface area contributed by atoms with E-state index in [4.69, 9.17) is 5.84 Å². The molecule has 0 aromatic heterocycles. The molecule has 3 nitrogen and oxygen atoms in total. The van der Waals surface area contributed by atoms with Crippen molar-refractivity contribution in [1.82, 2.24) is 5.43 Å². The number of hydrogen-bond donors (Lipinski definition) is 2. The minimum atomic E-state index is -2.21. The summed E-state index contributed by atoms with van der Waals surface area (Å²) < 4.78 is 65.6. The van der Waals surface area contributed by atoms with Gasteiger partial charge in [0.15, 0.2) is 23.3 Å². The van der Waals surface area contributed by atoms with Crippen LogP contribution >= 0.6 is 0 Å². The van der Waals surface area contributed by atoms with Crippen LogP contribution in [-0.2, 0) is 0 Å². The first-order valence-corrected chi connectivity index (χ1v) is 5.03. The molecule has 0 amide bonds. The summed E-state index contributed by atoms with van der Waals surface area (Å²) in [6, 6.07) is -0.203. The Kier molecular flexibility index (Phi) is 3.20. The zero-order valence-corrected chi connectivity index (χ0v) is 8.91. The van der Waals surface area contributed by atoms with Crippen molar-refractivity contribution in [2.45, 2.75) is 18.9 Å². The second-order valence-corrected chi connectivity index (χ2v) is 3.80. The lowest BCUT2D eigenvalue weighted by molar-refractivity contribution is 0.376. The van der Waals surface area contributed by atoms with Gasteiger partial charge < -0.3 is 5.43 Å². The number of aliphatic imine (C=N–C) groups is 1. The van der Waals surface area contributed by atoms with Gasteiger partial charge in [0.25, 0.3) is 0 Å². The molecule has 1 fully saturated rings. The molecule has 0 spiro atoms. The first-order valence-electron chi connectivity index (χ1n) is 5.03. The minimum absolute atomic E-state index is 0.203. The highest BCUT2D eigenvalue weighted by molar-refractivity contribution is 5.99. The Morgan fingerprint density at radius 1 is 0.944 bits per heavy atom. The Hall–Kier alpha value is -1.70. The molecule has 1 aromatic carbocycles. The molecular weight excluding hydrogens is 257 g/mol. The summed E-state index contributed by atoms with van der Waals surface area (Å²) >= 11 is 0. The van der Waals surface area contributed by atoms with Crippen molar-refractivity contribution in [3.63, 3.8) is 0 Å². The van der Waals surface area contributed by atoms with E-state index in [1.54, 1.807) is 0 Å². The van der Waals surface area contributed by atoms with Gasteiger partial charge in [-0.25, -0.2) is 27.8 Å². The molecule has 0 radical (unpaired) electrons. The van der Waals surface area contributed by atoms with Crippen LogP contribution < -0.4 is 11.3 Å². The molecule has 0 saturated heterocycles. The zero-order chi connectivity index (χ0) is 13.4. The molecule has 2 rings (SSSR count). The average Bonchev–Trinajstić information content (AvgIpc) is 3.16. The summed E-state index contributed by atoms with van der Waals surface area (Å²) in [6.45, 7) is 0. The van der Waals surface area contributed by atoms with Gasteiger partial charge in [0, 0.05) is 0 Å². The molecule has 18 heavy (non-hydrogen) atoms. The van der Waals surface area contributed by atoms with Crippen LogP contribution in [0.2, 0.25) is 0 Å². The Morgan fingerprint density at radius 2 is 1.39 bits per heavy atom. The van der Waals surface area contributed by atoms with Crippen LogP contribution in [0.4, 0.5) is 22.0 Å². The number of nitrogens with zero attached hydrogens (tertiary/aromatic N) is 1. The monoisotopic (exact) mass is 265 g/mol. The molecule has 1 saturated carbocycles. The van der Waals surface area contributed by atoms with E-state index in [1.165, 1.54) is 0 Å². The number of hydrogen-bond acceptors (Lipinski definition) is 2. The third-order valence-electron chi connectivity index (χ3n) is 2.44. The minimum Gasteiger partial charge on any atom is -0.308 e. The average molecular weight is 265 g/mol. The lowest BCUT2D eigenvalue weighted by Gasteiger charge is -2.10. The van der Waals surface area contributed by atoms with Crippen molar-refractivity contribution >= 4 is 5.84 Å². The summed E-state index contributed by atoms with van der Waals surface area (Å²) in [5, 5.41) is 0. The van der Waals surface area contributed by atoms with Crippen LogP contribution in [0, 0.1) is 29.1 Å². The van der Waals surface area contributed by atoms with E-state index in [1.807, 2.05) is 5.43 Å². The van der Waals surface area contributed by atoms with Crippen molar-refractivity contribution in [1.29, 1.82) is 0 Å². The van der Waals surface area contributed by atoms with Gasteiger partial charge in [-0.05, 0) is 12.8 Å². The number of nitrogens with one attached hydrogen (secondary N) is 1. The molecule has 1 aliphatic carbocycles. The standard InChI is InChI=1S/C10H8F5N3/c11-5-4(10(18-16)17-3-1-2-3)6(12)8(14)9(15)7(5)13/h3H,1-2,16H2,(H,17,18). The Labute approximate surface area is 98.5 Å². The number of amidine groups is 1.